The zero-order valence-electron chi connectivity index (χ0n) is 65.7. The second kappa shape index (κ2) is 34.9. The van der Waals surface area contributed by atoms with Gasteiger partial charge < -0.3 is 49.9 Å². The minimum Gasteiger partial charge on any atom is -0.476 e. The van der Waals surface area contributed by atoms with Gasteiger partial charge in [-0.05, 0) is 176 Å². The first-order chi connectivity index (χ1) is 53.9. The van der Waals surface area contributed by atoms with Crippen molar-refractivity contribution in [2.75, 3.05) is 95.7 Å². The van der Waals surface area contributed by atoms with Crippen LogP contribution in [0.5, 0.6) is 0 Å². The first kappa shape index (κ1) is 79.8. The summed E-state index contributed by atoms with van der Waals surface area (Å²) in [5.41, 5.74) is 10.5. The van der Waals surface area contributed by atoms with E-state index in [4.69, 9.17) is 26.8 Å². The van der Waals surface area contributed by atoms with Crippen LogP contribution in [0.3, 0.4) is 0 Å². The number of ether oxygens (including phenoxy) is 2. The van der Waals surface area contributed by atoms with Gasteiger partial charge in [0.2, 0.25) is 0 Å². The fraction of sp³-hybridized carbons (Fsp3) is 0.513. The number of hydrogen-bond acceptors (Lipinski definition) is 32. The van der Waals surface area contributed by atoms with Crippen LogP contribution in [0.1, 0.15) is 147 Å². The average Bonchev–Trinajstić information content (AvgIpc) is 1.65. The summed E-state index contributed by atoms with van der Waals surface area (Å²) in [6.07, 6.45) is 24.9. The van der Waals surface area contributed by atoms with Crippen molar-refractivity contribution in [3.63, 3.8) is 0 Å². The minimum absolute atomic E-state index is 0.0514. The minimum atomic E-state index is -1.02. The van der Waals surface area contributed by atoms with Crippen LogP contribution < -0.4 is 30.2 Å². The molecule has 0 aromatic carbocycles. The van der Waals surface area contributed by atoms with Crippen LogP contribution in [0.4, 0.5) is 34.9 Å². The van der Waals surface area contributed by atoms with Crippen LogP contribution in [0.25, 0.3) is 42.8 Å². The van der Waals surface area contributed by atoms with Crippen molar-refractivity contribution >= 4 is 125 Å². The maximum atomic E-state index is 12.0. The van der Waals surface area contributed by atoms with E-state index in [0.717, 1.165) is 172 Å². The number of carboxylic acids is 1. The molecule has 10 aromatic rings. The Kier molecular flexibility index (Phi) is 24.9. The highest BCUT2D eigenvalue weighted by molar-refractivity contribution is 9.10. The van der Waals surface area contributed by atoms with E-state index in [1.807, 2.05) is 84.0 Å². The van der Waals surface area contributed by atoms with E-state index in [9.17, 15) is 14.4 Å². The highest BCUT2D eigenvalue weighted by Crippen LogP contribution is 2.49. The third-order valence-electron chi connectivity index (χ3n) is 19.6. The number of aromatic carboxylic acids is 1. The van der Waals surface area contributed by atoms with Gasteiger partial charge in [0.15, 0.2) is 17.1 Å². The van der Waals surface area contributed by atoms with E-state index in [0.29, 0.717) is 45.5 Å². The van der Waals surface area contributed by atoms with Gasteiger partial charge in [-0.3, -0.25) is 0 Å². The van der Waals surface area contributed by atoms with Gasteiger partial charge in [-0.25, -0.2) is 89.1 Å². The van der Waals surface area contributed by atoms with Crippen LogP contribution in [0.2, 0.25) is 0 Å². The molecule has 5 aliphatic carbocycles. The Morgan fingerprint density at radius 3 is 1.01 bits per heavy atom. The Labute approximate surface area is 682 Å². The molecule has 28 nitrogen and oxygen atoms in total. The molecule has 10 aromatic heterocycles. The number of aryl methyl sites for hydroxylation is 1. The summed E-state index contributed by atoms with van der Waals surface area (Å²) in [5, 5.41) is 29.2. The number of rotatable bonds is 12. The molecule has 0 amide bonds. The molecule has 0 spiro atoms. The molecule has 5 saturated carbocycles. The summed E-state index contributed by atoms with van der Waals surface area (Å²) in [4.78, 5) is 111. The molecule has 5 aliphatic heterocycles. The van der Waals surface area contributed by atoms with Crippen molar-refractivity contribution in [2.24, 2.45) is 59.2 Å². The molecule has 592 valence electrons. The lowest BCUT2D eigenvalue weighted by Gasteiger charge is -2.18. The quantitative estimate of drug-likeness (QED) is 0.0956. The van der Waals surface area contributed by atoms with Gasteiger partial charge >= 0.3 is 17.9 Å². The number of aliphatic hydroxyl groups is 1. The van der Waals surface area contributed by atoms with Crippen molar-refractivity contribution < 1.29 is 35.4 Å². The Bertz CT molecular complexity index is 4650. The number of carbonyl (C=O) groups is 3. The first-order valence-corrected chi connectivity index (χ1v) is 42.8. The number of carbonyl (C=O) groups excluding carboxylic acids is 2. The molecule has 10 atom stereocenters. The SMILES string of the molecule is Brc1cnc(N2CC3CC3C2)cn1.CC(C)(C)O.CC(C)(C)OC(=O)c1csc(-c2cnc(N3CC4CC4C3)cn2)n1.CC(C)(C)OC(=O)c1cscn1.Cc1csc(-c2cnc(N3CC4CC4C3)cn2)n1.Nc1csc(-c2cnc(N3CC4CC4C3)cn2)n1.O=C(O)c1csc(-c2cnc(N3CC4CC4C3)cn2)n1.[2H]CC. The summed E-state index contributed by atoms with van der Waals surface area (Å²) in [6, 6.07) is 0. The summed E-state index contributed by atoms with van der Waals surface area (Å²) in [6.45, 7) is 31.9. The van der Waals surface area contributed by atoms with Gasteiger partial charge in [-0.15, -0.1) is 56.7 Å². The molecule has 34 heteroatoms. The number of thiazole rings is 5. The van der Waals surface area contributed by atoms with Crippen molar-refractivity contribution in [1.29, 1.82) is 0 Å². The summed E-state index contributed by atoms with van der Waals surface area (Å²) >= 11 is 10.4. The van der Waals surface area contributed by atoms with Crippen molar-refractivity contribution in [1.82, 2.24) is 74.8 Å². The Morgan fingerprint density at radius 1 is 0.438 bits per heavy atom. The largest absolute Gasteiger partial charge is 0.476 e. The third kappa shape index (κ3) is 22.6. The molecule has 0 bridgehead atoms. The monoisotopic (exact) mass is 1680 g/mol. The first-order valence-electron chi connectivity index (χ1n) is 38.3. The standard InChI is InChI=1S/C17H20N4O2S.C13H12N4O2S.C13H14N4S.C12H13N5S.C9H10BrN3.C8H11NO2S.C4H10O.C2H6/c1-17(2,3)23-16(22)13-9-24-15(20-13)12-5-19-14(6-18-12)21-7-10-4-11(10)8-21;18-13(19)10-6-20-12(16-10)9-2-15-11(3-14-9)17-4-7-1-8(7)5-17;1-8-7-18-13(16-8)11-3-15-12(4-14-11)17-5-9-2-10(9)6-17;13-10-6-18-12(16-10)9-2-15-11(3-14-9)17-4-7-1-8(7)5-17;10-8-2-12-9(3-11-8)13-4-6-1-7(6)5-13;1-8(2,3)11-7(10)6-4-12-5-9-6;1-4(2,3)5;1-2/h5-6,9-11H,4,7-8H2,1-3H3;2-3,6-8H,1,4-5H2,(H,18,19);3-4,7,9-10H,2,5-6H2,1H3;2-3,6-8H,1,4-5,13H2;2-3,6-7H,1,4-5H2;4-5H,1-3H3;5H,1-3H3;1-2H3/i;;;;;;;1D. The molecule has 10 unspecified atom stereocenters. The normalized spacial score (nSPS) is 22.6. The maximum absolute atomic E-state index is 12.0. The number of anilines is 6. The number of halogens is 1. The molecule has 4 N–H and O–H groups in total. The molecular weight excluding hydrogens is 1580 g/mol. The maximum Gasteiger partial charge on any atom is 0.358 e. The van der Waals surface area contributed by atoms with Gasteiger partial charge in [0.05, 0.1) is 73.1 Å². The number of fused-ring (bicyclic) bond motifs is 5. The summed E-state index contributed by atoms with van der Waals surface area (Å²) in [5.74, 6) is 12.6. The molecule has 10 aliphatic rings. The Morgan fingerprint density at radius 2 is 0.741 bits per heavy atom. The van der Waals surface area contributed by atoms with Crippen LogP contribution >= 0.6 is 72.6 Å². The van der Waals surface area contributed by atoms with Crippen molar-refractivity contribution in [2.45, 2.75) is 132 Å². The van der Waals surface area contributed by atoms with Gasteiger partial charge in [0, 0.05) is 99.4 Å². The van der Waals surface area contributed by atoms with E-state index in [1.165, 1.54) is 95.9 Å². The van der Waals surface area contributed by atoms with Crippen molar-refractivity contribution in [3.05, 3.63) is 122 Å². The number of esters is 2. The molecule has 0 radical (unpaired) electrons. The van der Waals surface area contributed by atoms with E-state index in [1.54, 1.807) is 92.5 Å². The number of nitrogens with zero attached hydrogens (tertiary/aromatic N) is 20. The lowest BCUT2D eigenvalue weighted by molar-refractivity contribution is 0.00514. The predicted octanol–water partition coefficient (Wildman–Crippen LogP) is 14.4. The summed E-state index contributed by atoms with van der Waals surface area (Å²) in [7, 11) is 0. The molecule has 5 saturated heterocycles. The second-order valence-electron chi connectivity index (χ2n) is 32.3. The van der Waals surface area contributed by atoms with E-state index >= 15 is 0 Å². The number of hydrogen-bond donors (Lipinski definition) is 3. The number of nitrogen functional groups attached to an aromatic ring is 1. The number of nitrogens with two attached hydrogens (primary N) is 1. The summed E-state index contributed by atoms with van der Waals surface area (Å²) < 4.78 is 17.4. The molecular formula is C78H96BrN21O7S5. The van der Waals surface area contributed by atoms with E-state index in [2.05, 4.69) is 115 Å². The Hall–Kier alpha value is -8.80. The molecule has 10 fully saturated rings. The van der Waals surface area contributed by atoms with E-state index < -0.39 is 28.7 Å². The predicted molar refractivity (Wildman–Crippen MR) is 443 cm³/mol. The number of aromatic nitrogens is 15. The zero-order chi connectivity index (χ0) is 80.0. The lowest BCUT2D eigenvalue weighted by atomic mass is 10.2. The van der Waals surface area contributed by atoms with Gasteiger partial charge in [0.1, 0.15) is 93.5 Å². The topological polar surface area (TPSA) is 346 Å². The van der Waals surface area contributed by atoms with Crippen LogP contribution in [0.15, 0.2) is 99.0 Å². The second-order valence-corrected chi connectivity index (χ2v) is 37.3. The number of piperidine rings is 5. The zero-order valence-corrected chi connectivity index (χ0v) is 70.4. The molecule has 15 heterocycles. The van der Waals surface area contributed by atoms with Gasteiger partial charge in [-0.1, -0.05) is 13.8 Å². The van der Waals surface area contributed by atoms with Crippen LogP contribution in [-0.4, -0.2) is 185 Å². The molecule has 112 heavy (non-hydrogen) atoms. The highest BCUT2D eigenvalue weighted by Gasteiger charge is 2.49. The third-order valence-corrected chi connectivity index (χ3v) is 24.2. The lowest BCUT2D eigenvalue weighted by Crippen LogP contribution is -2.24. The van der Waals surface area contributed by atoms with Crippen LogP contribution in [0, 0.1) is 66.1 Å². The average molecular weight is 1680 g/mol. The van der Waals surface area contributed by atoms with E-state index in [-0.39, 0.29) is 11.7 Å². The fourth-order valence-electron chi connectivity index (χ4n) is 13.6. The molecule has 20 rings (SSSR count). The van der Waals surface area contributed by atoms with Crippen LogP contribution in [-0.2, 0) is 9.47 Å². The van der Waals surface area contributed by atoms with Crippen molar-refractivity contribution in [3.8, 4) is 42.8 Å². The van der Waals surface area contributed by atoms with Gasteiger partial charge in [0.25, 0.3) is 0 Å². The number of carboxylic acid groups (broad SMARTS) is 1. The fourth-order valence-corrected chi connectivity index (χ4v) is 17.3. The Balaban J connectivity index is 0.000000118. The highest BCUT2D eigenvalue weighted by atomic mass is 79.9. The smallest absolute Gasteiger partial charge is 0.358 e. The van der Waals surface area contributed by atoms with Gasteiger partial charge in [-0.2, -0.15) is 0 Å².